The van der Waals surface area contributed by atoms with Crippen LogP contribution in [0.1, 0.15) is 21.9 Å². The molecule has 0 aromatic carbocycles. The summed E-state index contributed by atoms with van der Waals surface area (Å²) in [6.45, 7) is 4.22. The first-order chi connectivity index (χ1) is 12.8. The molecule has 0 fully saturated rings. The van der Waals surface area contributed by atoms with Gasteiger partial charge in [-0.15, -0.1) is 0 Å². The third kappa shape index (κ3) is 4.83. The summed E-state index contributed by atoms with van der Waals surface area (Å²) in [5.74, 6) is 1.29. The Hall–Kier alpha value is -2.46. The predicted molar refractivity (Wildman–Crippen MR) is 102 cm³/mol. The van der Waals surface area contributed by atoms with Gasteiger partial charge in [0.1, 0.15) is 17.3 Å². The van der Waals surface area contributed by atoms with Crippen LogP contribution in [0.15, 0.2) is 24.5 Å². The summed E-state index contributed by atoms with van der Waals surface area (Å²) < 4.78 is 26.7. The third-order valence-electron chi connectivity index (χ3n) is 4.45. The minimum atomic E-state index is -3.21. The molecule has 9 nitrogen and oxygen atoms in total. The molecule has 3 heterocycles. The molecule has 0 spiro atoms. The Morgan fingerprint density at radius 1 is 1.26 bits per heavy atom. The fourth-order valence-corrected chi connectivity index (χ4v) is 3.80. The monoisotopic (exact) mass is 392 g/mol. The molecule has 0 unspecified atom stereocenters. The molecular weight excluding hydrogens is 368 g/mol. The highest BCUT2D eigenvalue weighted by molar-refractivity contribution is 7.88. The van der Waals surface area contributed by atoms with Crippen molar-refractivity contribution < 1.29 is 13.2 Å². The molecule has 1 aliphatic rings. The molecule has 0 saturated heterocycles. The van der Waals surface area contributed by atoms with Crippen LogP contribution in [0.5, 0.6) is 0 Å². The van der Waals surface area contributed by atoms with E-state index in [0.717, 1.165) is 17.2 Å². The maximum absolute atomic E-state index is 12.3. The molecular formula is C17H24N6O3S. The quantitative estimate of drug-likeness (QED) is 0.682. The van der Waals surface area contributed by atoms with Gasteiger partial charge in [0.15, 0.2) is 0 Å². The second-order valence-corrected chi connectivity index (χ2v) is 8.48. The zero-order valence-electron chi connectivity index (χ0n) is 15.5. The second kappa shape index (κ2) is 8.05. The van der Waals surface area contributed by atoms with Crippen LogP contribution in [0, 0.1) is 6.92 Å². The molecule has 0 aliphatic carbocycles. The molecule has 146 valence electrons. The fraction of sp³-hybridized carbons (Fsp3) is 0.471. The number of aryl methyl sites for hydroxylation is 1. The Bertz CT molecular complexity index is 899. The number of pyridine rings is 1. The zero-order valence-corrected chi connectivity index (χ0v) is 16.3. The number of nitrogens with zero attached hydrogens (tertiary/aromatic N) is 4. The van der Waals surface area contributed by atoms with Crippen molar-refractivity contribution in [3.63, 3.8) is 0 Å². The number of aromatic nitrogens is 3. The minimum Gasteiger partial charge on any atom is -0.368 e. The molecule has 27 heavy (non-hydrogen) atoms. The van der Waals surface area contributed by atoms with E-state index in [2.05, 4.69) is 20.6 Å². The topological polar surface area (TPSA) is 109 Å². The number of anilines is 1. The van der Waals surface area contributed by atoms with Crippen molar-refractivity contribution in [3.8, 4) is 0 Å². The SMILES string of the molecule is Cc1cccnc1NCCNC(=O)c1cn2c(n1)CCN(S(C)(=O)=O)CC2. The summed E-state index contributed by atoms with van der Waals surface area (Å²) >= 11 is 0. The van der Waals surface area contributed by atoms with E-state index in [4.69, 9.17) is 0 Å². The molecule has 2 aromatic heterocycles. The number of carbonyl (C=O) groups is 1. The smallest absolute Gasteiger partial charge is 0.271 e. The fourth-order valence-electron chi connectivity index (χ4n) is 2.96. The van der Waals surface area contributed by atoms with E-state index in [1.165, 1.54) is 10.6 Å². The van der Waals surface area contributed by atoms with Gasteiger partial charge in [-0.05, 0) is 18.6 Å². The predicted octanol–water partition coefficient (Wildman–Crippen LogP) is 0.246. The number of hydrogen-bond donors (Lipinski definition) is 2. The van der Waals surface area contributed by atoms with Crippen molar-refractivity contribution in [1.82, 2.24) is 24.2 Å². The summed E-state index contributed by atoms with van der Waals surface area (Å²) in [5, 5.41) is 6.02. The Morgan fingerprint density at radius 3 is 2.81 bits per heavy atom. The summed E-state index contributed by atoms with van der Waals surface area (Å²) in [5.41, 5.74) is 1.40. The van der Waals surface area contributed by atoms with Gasteiger partial charge in [0.05, 0.1) is 6.26 Å². The third-order valence-corrected chi connectivity index (χ3v) is 5.75. The van der Waals surface area contributed by atoms with E-state index in [0.29, 0.717) is 44.8 Å². The maximum Gasteiger partial charge on any atom is 0.271 e. The lowest BCUT2D eigenvalue weighted by molar-refractivity contribution is 0.0950. The maximum atomic E-state index is 12.3. The van der Waals surface area contributed by atoms with Gasteiger partial charge in [-0.1, -0.05) is 6.07 Å². The van der Waals surface area contributed by atoms with E-state index in [1.807, 2.05) is 23.6 Å². The normalized spacial score (nSPS) is 15.0. The summed E-state index contributed by atoms with van der Waals surface area (Å²) in [6.07, 6.45) is 5.10. The van der Waals surface area contributed by atoms with Gasteiger partial charge in [-0.25, -0.2) is 18.4 Å². The van der Waals surface area contributed by atoms with Crippen molar-refractivity contribution >= 4 is 21.7 Å². The van der Waals surface area contributed by atoms with Crippen LogP contribution >= 0.6 is 0 Å². The highest BCUT2D eigenvalue weighted by atomic mass is 32.2. The molecule has 0 saturated carbocycles. The van der Waals surface area contributed by atoms with Crippen molar-refractivity contribution in [2.75, 3.05) is 37.8 Å². The number of rotatable bonds is 6. The number of fused-ring (bicyclic) bond motifs is 1. The van der Waals surface area contributed by atoms with Gasteiger partial charge < -0.3 is 15.2 Å². The van der Waals surface area contributed by atoms with Crippen molar-refractivity contribution in [1.29, 1.82) is 0 Å². The van der Waals surface area contributed by atoms with Crippen LogP contribution in [-0.2, 0) is 23.0 Å². The second-order valence-electron chi connectivity index (χ2n) is 6.50. The lowest BCUT2D eigenvalue weighted by atomic mass is 10.3. The molecule has 1 aliphatic heterocycles. The first-order valence-electron chi connectivity index (χ1n) is 8.79. The minimum absolute atomic E-state index is 0.241. The number of hydrogen-bond acceptors (Lipinski definition) is 6. The number of amides is 1. The van der Waals surface area contributed by atoms with Gasteiger partial charge in [-0.2, -0.15) is 4.31 Å². The molecule has 2 N–H and O–H groups in total. The number of sulfonamides is 1. The highest BCUT2D eigenvalue weighted by Gasteiger charge is 2.23. The molecule has 0 bridgehead atoms. The average molecular weight is 392 g/mol. The van der Waals surface area contributed by atoms with Gasteiger partial charge in [0.25, 0.3) is 5.91 Å². The van der Waals surface area contributed by atoms with Gasteiger partial charge in [-0.3, -0.25) is 4.79 Å². The molecule has 10 heteroatoms. The van der Waals surface area contributed by atoms with Gasteiger partial charge in [0, 0.05) is 51.5 Å². The van der Waals surface area contributed by atoms with Crippen LogP contribution in [-0.4, -0.2) is 65.6 Å². The summed E-state index contributed by atoms with van der Waals surface area (Å²) in [6, 6.07) is 3.84. The van der Waals surface area contributed by atoms with Crippen molar-refractivity contribution in [2.45, 2.75) is 19.9 Å². The lowest BCUT2D eigenvalue weighted by Gasteiger charge is -2.16. The van der Waals surface area contributed by atoms with Gasteiger partial charge in [0.2, 0.25) is 10.0 Å². The first kappa shape index (κ1) is 19.3. The number of imidazole rings is 1. The number of carbonyl (C=O) groups excluding carboxylic acids is 1. The van der Waals surface area contributed by atoms with E-state index in [-0.39, 0.29) is 5.91 Å². The van der Waals surface area contributed by atoms with Crippen LogP contribution in [0.4, 0.5) is 5.82 Å². The molecule has 0 radical (unpaired) electrons. The lowest BCUT2D eigenvalue weighted by Crippen LogP contribution is -2.32. The van der Waals surface area contributed by atoms with Crippen LogP contribution in [0.2, 0.25) is 0 Å². The van der Waals surface area contributed by atoms with Crippen LogP contribution in [0.25, 0.3) is 0 Å². The first-order valence-corrected chi connectivity index (χ1v) is 10.6. The van der Waals surface area contributed by atoms with Crippen molar-refractivity contribution in [3.05, 3.63) is 41.6 Å². The van der Waals surface area contributed by atoms with E-state index in [9.17, 15) is 13.2 Å². The molecule has 2 aromatic rings. The summed E-state index contributed by atoms with van der Waals surface area (Å²) in [7, 11) is -3.21. The van der Waals surface area contributed by atoms with Crippen LogP contribution in [0.3, 0.4) is 0 Å². The summed E-state index contributed by atoms with van der Waals surface area (Å²) in [4.78, 5) is 20.9. The van der Waals surface area contributed by atoms with E-state index in [1.54, 1.807) is 12.4 Å². The Balaban J connectivity index is 1.51. The molecule has 0 atom stereocenters. The Kier molecular flexibility index (Phi) is 5.76. The van der Waals surface area contributed by atoms with Crippen molar-refractivity contribution in [2.24, 2.45) is 0 Å². The number of nitrogens with one attached hydrogen (secondary N) is 2. The molecule has 1 amide bonds. The Labute approximate surface area is 158 Å². The van der Waals surface area contributed by atoms with Crippen LogP contribution < -0.4 is 10.6 Å². The average Bonchev–Trinajstić information content (AvgIpc) is 2.91. The Morgan fingerprint density at radius 2 is 2.07 bits per heavy atom. The standard InChI is InChI=1S/C17H24N6O3S/c1-13-4-3-6-18-16(13)19-7-8-20-17(24)14-12-22-10-11-23(27(2,25)26)9-5-15(22)21-14/h3-4,6,12H,5,7-11H2,1-2H3,(H,18,19)(H,20,24). The zero-order chi connectivity index (χ0) is 19.4. The van der Waals surface area contributed by atoms with E-state index < -0.39 is 10.0 Å². The van der Waals surface area contributed by atoms with E-state index >= 15 is 0 Å². The molecule has 3 rings (SSSR count). The highest BCUT2D eigenvalue weighted by Crippen LogP contribution is 2.12. The largest absolute Gasteiger partial charge is 0.368 e. The van der Waals surface area contributed by atoms with Gasteiger partial charge >= 0.3 is 0 Å².